The summed E-state index contributed by atoms with van der Waals surface area (Å²) in [5, 5.41) is 27.6. The summed E-state index contributed by atoms with van der Waals surface area (Å²) >= 11 is 0. The molecule has 0 saturated heterocycles. The smallest absolute Gasteiger partial charge is 0.131 e. The Bertz CT molecular complexity index is 2970. The van der Waals surface area contributed by atoms with E-state index >= 15 is 0 Å². The van der Waals surface area contributed by atoms with Crippen molar-refractivity contribution >= 4 is 43.5 Å². The van der Waals surface area contributed by atoms with Crippen LogP contribution >= 0.6 is 0 Å². The van der Waals surface area contributed by atoms with Crippen molar-refractivity contribution in [3.63, 3.8) is 0 Å². The minimum absolute atomic E-state index is 0.0337. The molecule has 0 amide bonds. The Morgan fingerprint density at radius 3 is 1.18 bits per heavy atom. The summed E-state index contributed by atoms with van der Waals surface area (Å²) in [7, 11) is 0. The van der Waals surface area contributed by atoms with Gasteiger partial charge in [0.2, 0.25) is 0 Å². The fraction of sp³-hybridized carbons (Fsp3) is 0.107. The molecule has 4 atom stereocenters. The lowest BCUT2D eigenvalue weighted by Crippen LogP contribution is -2.21. The molecule has 4 nitrogen and oxygen atoms in total. The highest BCUT2D eigenvalue weighted by atomic mass is 16.5. The number of fused-ring (bicyclic) bond motifs is 11. The van der Waals surface area contributed by atoms with Crippen LogP contribution in [0, 0.1) is 11.8 Å². The summed E-state index contributed by atoms with van der Waals surface area (Å²) in [6.45, 7) is 0. The van der Waals surface area contributed by atoms with E-state index in [2.05, 4.69) is 146 Å². The summed E-state index contributed by atoms with van der Waals surface area (Å²) in [4.78, 5) is 0. The first-order valence-corrected chi connectivity index (χ1v) is 20.9. The van der Waals surface area contributed by atoms with Gasteiger partial charge in [-0.05, 0) is 128 Å². The van der Waals surface area contributed by atoms with E-state index in [1.165, 1.54) is 33.4 Å². The molecule has 0 bridgehead atoms. The third kappa shape index (κ3) is 5.51. The van der Waals surface area contributed by atoms with E-state index < -0.39 is 0 Å². The van der Waals surface area contributed by atoms with Crippen molar-refractivity contribution in [2.24, 2.45) is 11.8 Å². The van der Waals surface area contributed by atoms with Crippen LogP contribution < -0.4 is 9.47 Å². The van der Waals surface area contributed by atoms with Crippen LogP contribution in [0.5, 0.6) is 34.5 Å². The Hall–Kier alpha value is -7.30. The van der Waals surface area contributed by atoms with Crippen LogP contribution in [0.25, 0.3) is 43.5 Å². The van der Waals surface area contributed by atoms with Gasteiger partial charge in [-0.25, -0.2) is 0 Å². The maximum atomic E-state index is 10.6. The van der Waals surface area contributed by atoms with Gasteiger partial charge in [-0.1, -0.05) is 134 Å². The Labute approximate surface area is 348 Å². The third-order valence-electron chi connectivity index (χ3n) is 13.2. The van der Waals surface area contributed by atoms with Gasteiger partial charge in [-0.15, -0.1) is 0 Å². The molecule has 4 heteroatoms. The van der Waals surface area contributed by atoms with Crippen LogP contribution in [0.15, 0.2) is 182 Å². The van der Waals surface area contributed by atoms with Crippen LogP contribution in [0.2, 0.25) is 0 Å². The lowest BCUT2D eigenvalue weighted by Gasteiger charge is -2.38. The SMILES string of the molecule is Oc1ccc2c3c(ccc2c1)Oc1ccc2c4c(ccc2c1C3C1C=CC(c2ccccc2)=CC1)Oc1ccc2cc(O)ccc2c1C4C1C=CC(c2ccccc2)=CC1. The van der Waals surface area contributed by atoms with Gasteiger partial charge in [0.05, 0.1) is 0 Å². The fourth-order valence-electron chi connectivity index (χ4n) is 10.5. The van der Waals surface area contributed by atoms with Gasteiger partial charge in [0, 0.05) is 34.1 Å². The Balaban J connectivity index is 1.07. The predicted octanol–water partition coefficient (Wildman–Crippen LogP) is 14.4. The third-order valence-corrected chi connectivity index (χ3v) is 13.2. The monoisotopic (exact) mass is 776 g/mol. The van der Waals surface area contributed by atoms with E-state index in [-0.39, 0.29) is 35.2 Å². The molecule has 288 valence electrons. The van der Waals surface area contributed by atoms with Gasteiger partial charge in [0.25, 0.3) is 0 Å². The summed E-state index contributed by atoms with van der Waals surface area (Å²) in [5.74, 6) is 4.16. The van der Waals surface area contributed by atoms with Crippen molar-refractivity contribution < 1.29 is 19.7 Å². The molecule has 0 spiro atoms. The predicted molar refractivity (Wildman–Crippen MR) is 242 cm³/mol. The zero-order valence-electron chi connectivity index (χ0n) is 32.8. The van der Waals surface area contributed by atoms with Gasteiger partial charge in [0.1, 0.15) is 34.5 Å². The zero-order valence-corrected chi connectivity index (χ0v) is 32.8. The normalized spacial score (nSPS) is 20.0. The molecule has 12 rings (SSSR count). The van der Waals surface area contributed by atoms with E-state index in [4.69, 9.17) is 9.47 Å². The molecule has 8 aromatic carbocycles. The highest BCUT2D eigenvalue weighted by Gasteiger charge is 2.39. The Kier molecular flexibility index (Phi) is 7.89. The maximum Gasteiger partial charge on any atom is 0.131 e. The number of hydrogen-bond donors (Lipinski definition) is 2. The van der Waals surface area contributed by atoms with Gasteiger partial charge in [-0.3, -0.25) is 0 Å². The Morgan fingerprint density at radius 2 is 0.783 bits per heavy atom. The molecule has 0 radical (unpaired) electrons. The number of phenolic OH excluding ortho intramolecular Hbond substituents is 2. The number of allylic oxidation sites excluding steroid dienone is 8. The van der Waals surface area contributed by atoms with Crippen LogP contribution in [0.1, 0.15) is 58.1 Å². The molecule has 0 saturated carbocycles. The average Bonchev–Trinajstić information content (AvgIpc) is 3.30. The van der Waals surface area contributed by atoms with Crippen molar-refractivity contribution in [1.82, 2.24) is 0 Å². The number of ether oxygens (including phenoxy) is 2. The standard InChI is InChI=1S/C56H40O4/c57-41-21-23-43-39(31-41)19-27-47-53(43)51(37-15-11-35(12-16-37)33-7-3-1-4-8-33)55-45-25-30-50-56(46(45)26-29-49(55)59-47)52(38-17-13-36(14-18-38)34-9-5-2-6-10-34)54-44-24-22-42(58)32-40(44)20-28-48(54)60-50/h1-15,17,19-32,37-38,51-52,57-58H,16,18H2. The van der Waals surface area contributed by atoms with Crippen molar-refractivity contribution in [3.8, 4) is 34.5 Å². The van der Waals surface area contributed by atoms with Crippen LogP contribution in [0.3, 0.4) is 0 Å². The largest absolute Gasteiger partial charge is 0.508 e. The summed E-state index contributed by atoms with van der Waals surface area (Å²) < 4.78 is 13.9. The molecule has 60 heavy (non-hydrogen) atoms. The molecule has 2 aliphatic heterocycles. The second kappa shape index (κ2) is 13.6. The van der Waals surface area contributed by atoms with E-state index in [0.29, 0.717) is 0 Å². The molecular weight excluding hydrogens is 737 g/mol. The molecular formula is C56H40O4. The highest BCUT2D eigenvalue weighted by Crippen LogP contribution is 2.58. The molecule has 2 N–H and O–H groups in total. The van der Waals surface area contributed by atoms with Crippen molar-refractivity contribution in [2.75, 3.05) is 0 Å². The van der Waals surface area contributed by atoms with Gasteiger partial charge in [-0.2, -0.15) is 0 Å². The average molecular weight is 777 g/mol. The summed E-state index contributed by atoms with van der Waals surface area (Å²) in [6.07, 6.45) is 15.9. The maximum absolute atomic E-state index is 10.6. The highest BCUT2D eigenvalue weighted by molar-refractivity contribution is 5.99. The number of aromatic hydroxyl groups is 2. The van der Waals surface area contributed by atoms with E-state index in [1.54, 1.807) is 12.1 Å². The number of rotatable bonds is 4. The van der Waals surface area contributed by atoms with Crippen LogP contribution in [-0.2, 0) is 0 Å². The first-order chi connectivity index (χ1) is 29.6. The van der Waals surface area contributed by atoms with Crippen molar-refractivity contribution in [1.29, 1.82) is 0 Å². The van der Waals surface area contributed by atoms with Gasteiger partial charge < -0.3 is 19.7 Å². The quantitative estimate of drug-likeness (QED) is 0.187. The van der Waals surface area contributed by atoms with E-state index in [0.717, 1.165) is 79.3 Å². The first-order valence-electron chi connectivity index (χ1n) is 20.9. The summed E-state index contributed by atoms with van der Waals surface area (Å²) in [5.41, 5.74) is 9.55. The number of benzene rings is 8. The zero-order chi connectivity index (χ0) is 39.9. The molecule has 4 unspecified atom stereocenters. The minimum atomic E-state index is -0.0337. The lowest BCUT2D eigenvalue weighted by atomic mass is 9.70. The summed E-state index contributed by atoms with van der Waals surface area (Å²) in [6, 6.07) is 49.7. The molecule has 0 fully saturated rings. The Morgan fingerprint density at radius 1 is 0.400 bits per heavy atom. The van der Waals surface area contributed by atoms with Crippen LogP contribution in [0.4, 0.5) is 0 Å². The van der Waals surface area contributed by atoms with Crippen LogP contribution in [-0.4, -0.2) is 10.2 Å². The second-order valence-electron chi connectivity index (χ2n) is 16.5. The van der Waals surface area contributed by atoms with Crippen molar-refractivity contribution in [2.45, 2.75) is 24.7 Å². The van der Waals surface area contributed by atoms with Gasteiger partial charge >= 0.3 is 0 Å². The first kappa shape index (κ1) is 34.7. The lowest BCUT2D eigenvalue weighted by molar-refractivity contribution is 0.424. The molecule has 2 aliphatic carbocycles. The topological polar surface area (TPSA) is 58.9 Å². The van der Waals surface area contributed by atoms with Crippen molar-refractivity contribution in [3.05, 3.63) is 215 Å². The van der Waals surface area contributed by atoms with E-state index in [1.807, 2.05) is 24.3 Å². The molecule has 2 heterocycles. The van der Waals surface area contributed by atoms with Gasteiger partial charge in [0.15, 0.2) is 0 Å². The number of phenols is 2. The molecule has 4 aliphatic rings. The minimum Gasteiger partial charge on any atom is -0.508 e. The van der Waals surface area contributed by atoms with E-state index in [9.17, 15) is 10.2 Å². The second-order valence-corrected chi connectivity index (χ2v) is 16.5. The molecule has 0 aromatic heterocycles. The number of hydrogen-bond acceptors (Lipinski definition) is 4. The molecule has 8 aromatic rings. The fourth-order valence-corrected chi connectivity index (χ4v) is 10.5.